The van der Waals surface area contributed by atoms with Crippen LogP contribution in [-0.4, -0.2) is 52.6 Å². The summed E-state index contributed by atoms with van der Waals surface area (Å²) in [7, 11) is -3.06. The molecule has 1 aromatic heterocycles. The highest BCUT2D eigenvalue weighted by Gasteiger charge is 2.46. The maximum Gasteiger partial charge on any atom is 0.257 e. The smallest absolute Gasteiger partial charge is 0.257 e. The molecule has 2 saturated heterocycles. The zero-order valence-electron chi connectivity index (χ0n) is 15.0. The molecule has 2 atom stereocenters. The van der Waals surface area contributed by atoms with Gasteiger partial charge in [-0.15, -0.1) is 0 Å². The quantitative estimate of drug-likeness (QED) is 0.828. The summed E-state index contributed by atoms with van der Waals surface area (Å²) in [6.07, 6.45) is 5.80. The number of benzene rings is 1. The van der Waals surface area contributed by atoms with Gasteiger partial charge in [-0.25, -0.2) is 13.1 Å². The second kappa shape index (κ2) is 6.23. The van der Waals surface area contributed by atoms with Gasteiger partial charge in [-0.2, -0.15) is 5.10 Å². The minimum atomic E-state index is -3.06. The van der Waals surface area contributed by atoms with Gasteiger partial charge in [0.2, 0.25) is 0 Å². The summed E-state index contributed by atoms with van der Waals surface area (Å²) in [5.41, 5.74) is 2.33. The number of carbonyl (C=O) groups excluding carboxylic acids is 1. The van der Waals surface area contributed by atoms with Crippen LogP contribution in [0, 0.1) is 6.92 Å². The van der Waals surface area contributed by atoms with Crippen molar-refractivity contribution in [1.82, 2.24) is 14.7 Å². The van der Waals surface area contributed by atoms with E-state index in [0.29, 0.717) is 18.4 Å². The van der Waals surface area contributed by atoms with Gasteiger partial charge in [0.05, 0.1) is 28.4 Å². The first-order chi connectivity index (χ1) is 12.4. The van der Waals surface area contributed by atoms with Crippen LogP contribution in [0.5, 0.6) is 0 Å². The summed E-state index contributed by atoms with van der Waals surface area (Å²) < 4.78 is 25.7. The fourth-order valence-corrected chi connectivity index (χ4v) is 5.54. The molecule has 7 heteroatoms. The number of hydrogen-bond donors (Lipinski definition) is 0. The van der Waals surface area contributed by atoms with E-state index in [-0.39, 0.29) is 23.2 Å². The molecule has 2 fully saturated rings. The van der Waals surface area contributed by atoms with Crippen LogP contribution in [0.3, 0.4) is 0 Å². The zero-order valence-corrected chi connectivity index (χ0v) is 15.8. The van der Waals surface area contributed by atoms with Crippen molar-refractivity contribution in [3.8, 4) is 5.69 Å². The third kappa shape index (κ3) is 2.84. The summed E-state index contributed by atoms with van der Waals surface area (Å²) >= 11 is 0. The number of sulfone groups is 1. The van der Waals surface area contributed by atoms with Crippen molar-refractivity contribution >= 4 is 15.7 Å². The zero-order chi connectivity index (χ0) is 18.5. The lowest BCUT2D eigenvalue weighted by Gasteiger charge is -2.38. The van der Waals surface area contributed by atoms with Crippen LogP contribution in [-0.2, 0) is 9.84 Å². The number of piperidine rings is 1. The van der Waals surface area contributed by atoms with Gasteiger partial charge < -0.3 is 4.90 Å². The summed E-state index contributed by atoms with van der Waals surface area (Å²) in [4.78, 5) is 15.1. The molecular formula is C19H23N3O3S. The van der Waals surface area contributed by atoms with Gasteiger partial charge >= 0.3 is 0 Å². The van der Waals surface area contributed by atoms with Gasteiger partial charge in [-0.1, -0.05) is 18.2 Å². The summed E-state index contributed by atoms with van der Waals surface area (Å²) in [6.45, 7) is 1.90. The predicted molar refractivity (Wildman–Crippen MR) is 99.1 cm³/mol. The highest BCUT2D eigenvalue weighted by atomic mass is 32.2. The molecule has 26 heavy (non-hydrogen) atoms. The Kier molecular flexibility index (Phi) is 4.14. The summed E-state index contributed by atoms with van der Waals surface area (Å²) in [5.74, 6) is -0.0240. The molecule has 2 aliphatic rings. The molecule has 2 aromatic rings. The average molecular weight is 373 g/mol. The first kappa shape index (κ1) is 17.3. The number of amides is 1. The van der Waals surface area contributed by atoms with Crippen LogP contribution in [0.2, 0.25) is 0 Å². The number of fused-ring (bicyclic) bond motifs is 2. The lowest BCUT2D eigenvalue weighted by Crippen LogP contribution is -2.49. The van der Waals surface area contributed by atoms with E-state index in [4.69, 9.17) is 0 Å². The Morgan fingerprint density at radius 3 is 2.31 bits per heavy atom. The number of aromatic nitrogens is 2. The summed E-state index contributed by atoms with van der Waals surface area (Å²) in [5, 5.41) is 4.08. The number of para-hydroxylation sites is 1. The monoisotopic (exact) mass is 373 g/mol. The van der Waals surface area contributed by atoms with E-state index in [0.717, 1.165) is 24.2 Å². The topological polar surface area (TPSA) is 72.3 Å². The molecule has 2 bridgehead atoms. The van der Waals surface area contributed by atoms with Crippen LogP contribution in [0.1, 0.15) is 41.7 Å². The largest absolute Gasteiger partial charge is 0.332 e. The fourth-order valence-electron chi connectivity index (χ4n) is 4.40. The van der Waals surface area contributed by atoms with Crippen LogP contribution < -0.4 is 0 Å². The van der Waals surface area contributed by atoms with E-state index in [1.165, 1.54) is 6.26 Å². The van der Waals surface area contributed by atoms with E-state index >= 15 is 0 Å². The minimum absolute atomic E-state index is 0.0143. The van der Waals surface area contributed by atoms with Gasteiger partial charge in [0.1, 0.15) is 9.84 Å². The van der Waals surface area contributed by atoms with E-state index in [2.05, 4.69) is 5.10 Å². The third-order valence-electron chi connectivity index (χ3n) is 5.77. The average Bonchev–Trinajstić information content (AvgIpc) is 3.11. The molecule has 1 amide bonds. The Hall–Kier alpha value is -2.15. The molecule has 0 unspecified atom stereocenters. The summed E-state index contributed by atoms with van der Waals surface area (Å²) in [6, 6.07) is 9.76. The van der Waals surface area contributed by atoms with Gasteiger partial charge in [0.25, 0.3) is 5.91 Å². The van der Waals surface area contributed by atoms with Crippen LogP contribution in [0.15, 0.2) is 36.5 Å². The maximum absolute atomic E-state index is 13.2. The van der Waals surface area contributed by atoms with E-state index < -0.39 is 9.84 Å². The van der Waals surface area contributed by atoms with Gasteiger partial charge in [-0.05, 0) is 44.7 Å². The first-order valence-electron chi connectivity index (χ1n) is 8.98. The van der Waals surface area contributed by atoms with Crippen LogP contribution >= 0.6 is 0 Å². The van der Waals surface area contributed by atoms with Crippen molar-refractivity contribution in [2.24, 2.45) is 0 Å². The number of hydrogen-bond acceptors (Lipinski definition) is 4. The van der Waals surface area contributed by atoms with Crippen molar-refractivity contribution in [2.75, 3.05) is 6.26 Å². The molecule has 4 rings (SSSR count). The number of carbonyl (C=O) groups is 1. The van der Waals surface area contributed by atoms with Crippen molar-refractivity contribution in [3.05, 3.63) is 47.8 Å². The van der Waals surface area contributed by atoms with Gasteiger partial charge in [0.15, 0.2) is 0 Å². The lowest BCUT2D eigenvalue weighted by molar-refractivity contribution is 0.0597. The number of rotatable bonds is 3. The van der Waals surface area contributed by atoms with Crippen molar-refractivity contribution in [1.29, 1.82) is 0 Å². The SMILES string of the molecule is Cc1c(C(=O)N2[C@H]3CC[C@H]2CC(S(C)(=O)=O)C3)cnn1-c1ccccc1. The Morgan fingerprint density at radius 2 is 1.73 bits per heavy atom. The molecule has 138 valence electrons. The third-order valence-corrected chi connectivity index (χ3v) is 7.37. The predicted octanol–water partition coefficient (Wildman–Crippen LogP) is 2.36. The van der Waals surface area contributed by atoms with Crippen molar-refractivity contribution < 1.29 is 13.2 Å². The van der Waals surface area contributed by atoms with Crippen molar-refractivity contribution in [2.45, 2.75) is 49.9 Å². The molecular weight excluding hydrogens is 350 g/mol. The molecule has 0 spiro atoms. The molecule has 0 aliphatic carbocycles. The normalized spacial score (nSPS) is 25.5. The lowest BCUT2D eigenvalue weighted by atomic mass is 10.0. The molecule has 2 aliphatic heterocycles. The minimum Gasteiger partial charge on any atom is -0.332 e. The van der Waals surface area contributed by atoms with E-state index in [1.807, 2.05) is 42.2 Å². The number of nitrogens with zero attached hydrogens (tertiary/aromatic N) is 3. The Balaban J connectivity index is 1.61. The highest BCUT2D eigenvalue weighted by molar-refractivity contribution is 7.91. The second-order valence-corrected chi connectivity index (χ2v) is 9.74. The Morgan fingerprint density at radius 1 is 1.12 bits per heavy atom. The van der Waals surface area contributed by atoms with Crippen LogP contribution in [0.4, 0.5) is 0 Å². The fraction of sp³-hybridized carbons (Fsp3) is 0.474. The second-order valence-electron chi connectivity index (χ2n) is 7.41. The van der Waals surface area contributed by atoms with Gasteiger partial charge in [-0.3, -0.25) is 4.79 Å². The van der Waals surface area contributed by atoms with Gasteiger partial charge in [0, 0.05) is 18.3 Å². The standard InChI is InChI=1S/C19H23N3O3S/c1-13-18(12-20-22(13)14-6-4-3-5-7-14)19(23)21-15-8-9-16(21)11-17(10-15)26(2,24)25/h3-7,12,15-17H,8-11H2,1-2H3/t15-,16-/m0/s1. The molecule has 0 saturated carbocycles. The molecule has 3 heterocycles. The van der Waals surface area contributed by atoms with E-state index in [1.54, 1.807) is 10.9 Å². The highest BCUT2D eigenvalue weighted by Crippen LogP contribution is 2.39. The Bertz CT molecular complexity index is 922. The van der Waals surface area contributed by atoms with Crippen LogP contribution in [0.25, 0.3) is 5.69 Å². The molecule has 0 N–H and O–H groups in total. The molecule has 0 radical (unpaired) electrons. The maximum atomic E-state index is 13.2. The molecule has 1 aromatic carbocycles. The molecule has 6 nitrogen and oxygen atoms in total. The Labute approximate surface area is 153 Å². The first-order valence-corrected chi connectivity index (χ1v) is 10.9. The van der Waals surface area contributed by atoms with E-state index in [9.17, 15) is 13.2 Å². The van der Waals surface area contributed by atoms with Crippen molar-refractivity contribution in [3.63, 3.8) is 0 Å².